The largest absolute Gasteiger partial charge is 0.324 e. The van der Waals surface area contributed by atoms with E-state index in [4.69, 9.17) is 0 Å². The van der Waals surface area contributed by atoms with E-state index in [1.165, 1.54) is 33.5 Å². The van der Waals surface area contributed by atoms with Crippen LogP contribution in [0, 0.1) is 12.7 Å². The van der Waals surface area contributed by atoms with Gasteiger partial charge in [-0.3, -0.25) is 9.59 Å². The second-order valence-electron chi connectivity index (χ2n) is 8.24. The van der Waals surface area contributed by atoms with Crippen molar-refractivity contribution in [1.82, 2.24) is 4.31 Å². The Hall–Kier alpha value is -2.78. The predicted molar refractivity (Wildman–Crippen MR) is 119 cm³/mol. The third-order valence-corrected chi connectivity index (χ3v) is 7.86. The maximum atomic E-state index is 13.3. The maximum absolute atomic E-state index is 13.3. The van der Waals surface area contributed by atoms with E-state index < -0.39 is 21.7 Å². The van der Waals surface area contributed by atoms with Gasteiger partial charge in [-0.15, -0.1) is 0 Å². The SMILES string of the molecule is Cc1cc(F)ccc1NC(=O)CN1C(=O)CCc2cc(S(=O)(=O)N3CCCCC3)ccc21. The number of anilines is 2. The minimum absolute atomic E-state index is 0.197. The lowest BCUT2D eigenvalue weighted by Crippen LogP contribution is -2.41. The topological polar surface area (TPSA) is 86.8 Å². The number of fused-ring (bicyclic) bond motifs is 1. The number of rotatable bonds is 5. The highest BCUT2D eigenvalue weighted by Crippen LogP contribution is 2.31. The first kappa shape index (κ1) is 22.4. The van der Waals surface area contributed by atoms with Gasteiger partial charge in [0.05, 0.1) is 4.90 Å². The van der Waals surface area contributed by atoms with Crippen molar-refractivity contribution in [3.05, 3.63) is 53.3 Å². The Morgan fingerprint density at radius 3 is 2.53 bits per heavy atom. The summed E-state index contributed by atoms with van der Waals surface area (Å²) in [5, 5.41) is 2.71. The fraction of sp³-hybridized carbons (Fsp3) is 0.391. The Kier molecular flexibility index (Phi) is 6.30. The first-order valence-corrected chi connectivity index (χ1v) is 12.2. The number of nitrogens with zero attached hydrogens (tertiary/aromatic N) is 2. The minimum Gasteiger partial charge on any atom is -0.324 e. The summed E-state index contributed by atoms with van der Waals surface area (Å²) < 4.78 is 40.8. The van der Waals surface area contributed by atoms with E-state index in [1.807, 2.05) is 0 Å². The molecule has 1 N–H and O–H groups in total. The second-order valence-corrected chi connectivity index (χ2v) is 10.2. The molecule has 7 nitrogen and oxygen atoms in total. The second kappa shape index (κ2) is 8.99. The van der Waals surface area contributed by atoms with Crippen LogP contribution in [0.2, 0.25) is 0 Å². The molecule has 0 atom stereocenters. The van der Waals surface area contributed by atoms with Crippen molar-refractivity contribution in [3.8, 4) is 0 Å². The van der Waals surface area contributed by atoms with Gasteiger partial charge in [0, 0.05) is 30.9 Å². The normalized spacial score (nSPS) is 17.2. The smallest absolute Gasteiger partial charge is 0.244 e. The molecule has 170 valence electrons. The van der Waals surface area contributed by atoms with Crippen LogP contribution in [0.4, 0.5) is 15.8 Å². The molecule has 32 heavy (non-hydrogen) atoms. The van der Waals surface area contributed by atoms with Gasteiger partial charge in [0.1, 0.15) is 12.4 Å². The van der Waals surface area contributed by atoms with E-state index in [9.17, 15) is 22.4 Å². The summed E-state index contributed by atoms with van der Waals surface area (Å²) in [4.78, 5) is 26.8. The molecule has 2 amide bonds. The number of hydrogen-bond acceptors (Lipinski definition) is 4. The van der Waals surface area contributed by atoms with Crippen molar-refractivity contribution < 1.29 is 22.4 Å². The Bertz CT molecular complexity index is 1160. The van der Waals surface area contributed by atoms with Crippen LogP contribution in [0.5, 0.6) is 0 Å². The molecule has 2 aromatic rings. The zero-order valence-electron chi connectivity index (χ0n) is 17.9. The highest BCUT2D eigenvalue weighted by Gasteiger charge is 2.30. The molecule has 0 aromatic heterocycles. The van der Waals surface area contributed by atoms with E-state index in [0.717, 1.165) is 24.8 Å². The number of nitrogens with one attached hydrogen (secondary N) is 1. The third-order valence-electron chi connectivity index (χ3n) is 5.97. The third kappa shape index (κ3) is 4.54. The zero-order valence-corrected chi connectivity index (χ0v) is 18.8. The van der Waals surface area contributed by atoms with Gasteiger partial charge in [0.2, 0.25) is 21.8 Å². The van der Waals surface area contributed by atoms with Crippen LogP contribution >= 0.6 is 0 Å². The monoisotopic (exact) mass is 459 g/mol. The minimum atomic E-state index is -3.58. The van der Waals surface area contributed by atoms with Crippen LogP contribution in [0.15, 0.2) is 41.3 Å². The molecule has 0 saturated carbocycles. The highest BCUT2D eigenvalue weighted by atomic mass is 32.2. The zero-order chi connectivity index (χ0) is 22.9. The van der Waals surface area contributed by atoms with E-state index in [-0.39, 0.29) is 23.8 Å². The molecule has 2 aliphatic rings. The van der Waals surface area contributed by atoms with E-state index in [1.54, 1.807) is 19.1 Å². The van der Waals surface area contributed by atoms with Crippen LogP contribution in [-0.4, -0.2) is 44.2 Å². The lowest BCUT2D eigenvalue weighted by molar-refractivity contribution is -0.121. The molecule has 2 heterocycles. The molecule has 0 bridgehead atoms. The summed E-state index contributed by atoms with van der Waals surface area (Å²) in [6.45, 7) is 2.52. The molecule has 1 saturated heterocycles. The van der Waals surface area contributed by atoms with Crippen molar-refractivity contribution in [2.24, 2.45) is 0 Å². The summed E-state index contributed by atoms with van der Waals surface area (Å²) >= 11 is 0. The summed E-state index contributed by atoms with van der Waals surface area (Å²) in [7, 11) is -3.58. The quantitative estimate of drug-likeness (QED) is 0.744. The van der Waals surface area contributed by atoms with Gasteiger partial charge in [-0.2, -0.15) is 4.31 Å². The molecule has 2 aliphatic heterocycles. The van der Waals surface area contributed by atoms with Gasteiger partial charge in [-0.05, 0) is 73.7 Å². The van der Waals surface area contributed by atoms with E-state index >= 15 is 0 Å². The molecule has 9 heteroatoms. The Labute approximate surface area is 187 Å². The number of hydrogen-bond donors (Lipinski definition) is 1. The Morgan fingerprint density at radius 2 is 1.81 bits per heavy atom. The lowest BCUT2D eigenvalue weighted by atomic mass is 10.0. The summed E-state index contributed by atoms with van der Waals surface area (Å²) in [6, 6.07) is 8.80. The first-order chi connectivity index (χ1) is 15.3. The molecule has 0 unspecified atom stereocenters. The van der Waals surface area contributed by atoms with Crippen LogP contribution in [-0.2, 0) is 26.0 Å². The van der Waals surface area contributed by atoms with Crippen molar-refractivity contribution in [3.63, 3.8) is 0 Å². The van der Waals surface area contributed by atoms with Gasteiger partial charge in [0.15, 0.2) is 0 Å². The van der Waals surface area contributed by atoms with Crippen molar-refractivity contribution in [2.45, 2.75) is 43.9 Å². The number of carbonyl (C=O) groups is 2. The average Bonchev–Trinajstić information content (AvgIpc) is 2.78. The molecule has 2 aromatic carbocycles. The number of amides is 2. The fourth-order valence-electron chi connectivity index (χ4n) is 4.23. The first-order valence-electron chi connectivity index (χ1n) is 10.7. The summed E-state index contributed by atoms with van der Waals surface area (Å²) in [5.74, 6) is -1.00. The van der Waals surface area contributed by atoms with Crippen LogP contribution < -0.4 is 10.2 Å². The molecular formula is C23H26FN3O4S. The molecule has 0 radical (unpaired) electrons. The van der Waals surface area contributed by atoms with Crippen molar-refractivity contribution >= 4 is 33.2 Å². The van der Waals surface area contributed by atoms with Gasteiger partial charge < -0.3 is 10.2 Å². The fourth-order valence-corrected chi connectivity index (χ4v) is 5.79. The maximum Gasteiger partial charge on any atom is 0.244 e. The van der Waals surface area contributed by atoms with Gasteiger partial charge in [-0.1, -0.05) is 6.42 Å². The number of halogens is 1. The predicted octanol–water partition coefficient (Wildman–Crippen LogP) is 3.23. The summed E-state index contributed by atoms with van der Waals surface area (Å²) in [5.41, 5.74) is 2.33. The standard InChI is InChI=1S/C23H26FN3O4S/c1-16-13-18(24)6-8-20(16)25-22(28)15-27-21-9-7-19(14-17(21)5-10-23(27)29)32(30,31)26-11-3-2-4-12-26/h6-9,13-14H,2-5,10-12,15H2,1H3,(H,25,28). The van der Waals surface area contributed by atoms with Gasteiger partial charge >= 0.3 is 0 Å². The molecular weight excluding hydrogens is 433 g/mol. The van der Waals surface area contributed by atoms with E-state index in [0.29, 0.717) is 36.4 Å². The van der Waals surface area contributed by atoms with Gasteiger partial charge in [-0.25, -0.2) is 12.8 Å². The van der Waals surface area contributed by atoms with Gasteiger partial charge in [0.25, 0.3) is 0 Å². The number of piperidine rings is 1. The van der Waals surface area contributed by atoms with Crippen LogP contribution in [0.3, 0.4) is 0 Å². The highest BCUT2D eigenvalue weighted by molar-refractivity contribution is 7.89. The van der Waals surface area contributed by atoms with Crippen LogP contribution in [0.1, 0.15) is 36.8 Å². The number of carbonyl (C=O) groups excluding carboxylic acids is 2. The molecule has 1 fully saturated rings. The number of aryl methyl sites for hydroxylation is 2. The van der Waals surface area contributed by atoms with E-state index in [2.05, 4.69) is 5.32 Å². The molecule has 0 spiro atoms. The summed E-state index contributed by atoms with van der Waals surface area (Å²) in [6.07, 6.45) is 3.37. The Balaban J connectivity index is 1.54. The average molecular weight is 460 g/mol. The molecule has 4 rings (SSSR count). The number of benzene rings is 2. The Morgan fingerprint density at radius 1 is 1.06 bits per heavy atom. The van der Waals surface area contributed by atoms with Crippen molar-refractivity contribution in [2.75, 3.05) is 29.9 Å². The van der Waals surface area contributed by atoms with Crippen molar-refractivity contribution in [1.29, 1.82) is 0 Å². The molecule has 0 aliphatic carbocycles. The van der Waals surface area contributed by atoms with Crippen LogP contribution in [0.25, 0.3) is 0 Å². The number of sulfonamides is 1. The lowest BCUT2D eigenvalue weighted by Gasteiger charge is -2.30.